The maximum absolute atomic E-state index is 12.3. The predicted molar refractivity (Wildman–Crippen MR) is 108 cm³/mol. The van der Waals surface area contributed by atoms with E-state index in [1.165, 1.54) is 12.3 Å². The average molecular weight is 462 g/mol. The van der Waals surface area contributed by atoms with E-state index in [4.69, 9.17) is 16.3 Å². The van der Waals surface area contributed by atoms with Gasteiger partial charge in [0.1, 0.15) is 10.8 Å². The van der Waals surface area contributed by atoms with Gasteiger partial charge in [0.2, 0.25) is 18.2 Å². The monoisotopic (exact) mass is 461 g/mol. The highest BCUT2D eigenvalue weighted by Gasteiger charge is 2.46. The molecule has 8 nitrogen and oxygen atoms in total. The minimum atomic E-state index is -4.48. The van der Waals surface area contributed by atoms with Crippen molar-refractivity contribution >= 4 is 23.4 Å². The Balaban J connectivity index is 1.73. The number of nitrogens with zero attached hydrogens (tertiary/aromatic N) is 4. The molecule has 2 aromatic rings. The predicted octanol–water partition coefficient (Wildman–Crippen LogP) is 3.92. The quantitative estimate of drug-likeness (QED) is 0.668. The Labute approximate surface area is 182 Å². The summed E-state index contributed by atoms with van der Waals surface area (Å²) in [6.07, 6.45) is -2.94. The molecule has 12 heteroatoms. The molecule has 3 rings (SSSR count). The zero-order valence-electron chi connectivity index (χ0n) is 17.3. The lowest BCUT2D eigenvalue weighted by atomic mass is 9.98. The van der Waals surface area contributed by atoms with Gasteiger partial charge in [0, 0.05) is 12.4 Å². The topological polar surface area (TPSA) is 92.6 Å². The summed E-state index contributed by atoms with van der Waals surface area (Å²) in [4.78, 5) is 14.2. The van der Waals surface area contributed by atoms with Crippen LogP contribution in [0.5, 0.6) is 5.88 Å². The Morgan fingerprint density at radius 1 is 1.39 bits per heavy atom. The summed E-state index contributed by atoms with van der Waals surface area (Å²) in [5, 5.41) is 13.3. The molecule has 1 fully saturated rings. The molecule has 2 N–H and O–H groups in total. The molecule has 1 aliphatic heterocycles. The number of hydrogen-bond acceptors (Lipinski definition) is 8. The number of alkyl halides is 3. The van der Waals surface area contributed by atoms with Crippen LogP contribution in [0.3, 0.4) is 0 Å². The van der Waals surface area contributed by atoms with Crippen LogP contribution in [-0.4, -0.2) is 50.9 Å². The smallest absolute Gasteiger partial charge is 0.422 e. The molecule has 0 radical (unpaired) electrons. The Morgan fingerprint density at radius 3 is 2.68 bits per heavy atom. The van der Waals surface area contributed by atoms with E-state index in [-0.39, 0.29) is 29.0 Å². The summed E-state index contributed by atoms with van der Waals surface area (Å²) in [5.74, 6) is 0.451. The lowest BCUT2D eigenvalue weighted by Crippen LogP contribution is -2.47. The van der Waals surface area contributed by atoms with Gasteiger partial charge in [-0.3, -0.25) is 0 Å². The number of nitrogens with one attached hydrogen (secondary N) is 1. The summed E-state index contributed by atoms with van der Waals surface area (Å²) in [6, 6.07) is 2.75. The fourth-order valence-electron chi connectivity index (χ4n) is 3.06. The molecule has 1 saturated heterocycles. The first-order valence-corrected chi connectivity index (χ1v) is 9.83. The van der Waals surface area contributed by atoms with Crippen molar-refractivity contribution in [3.8, 4) is 5.88 Å². The third-order valence-corrected chi connectivity index (χ3v) is 5.37. The van der Waals surface area contributed by atoms with Crippen molar-refractivity contribution < 1.29 is 27.8 Å². The number of halogens is 4. The fourth-order valence-corrected chi connectivity index (χ4v) is 3.29. The van der Waals surface area contributed by atoms with E-state index >= 15 is 0 Å². The molecule has 2 unspecified atom stereocenters. The van der Waals surface area contributed by atoms with Crippen LogP contribution in [0.4, 0.5) is 24.9 Å². The summed E-state index contributed by atoms with van der Waals surface area (Å²) in [7, 11) is 0. The van der Waals surface area contributed by atoms with Crippen molar-refractivity contribution in [2.45, 2.75) is 58.0 Å². The molecule has 0 bridgehead atoms. The second-order valence-electron chi connectivity index (χ2n) is 7.69. The lowest BCUT2D eigenvalue weighted by molar-refractivity contribution is -0.154. The van der Waals surface area contributed by atoms with Crippen LogP contribution in [0, 0.1) is 0 Å². The van der Waals surface area contributed by atoms with Crippen LogP contribution in [0.2, 0.25) is 5.02 Å². The number of hydrogen-bond donors (Lipinski definition) is 2. The Morgan fingerprint density at radius 2 is 2.10 bits per heavy atom. The molecule has 0 saturated carbocycles. The van der Waals surface area contributed by atoms with Crippen molar-refractivity contribution in [2.75, 3.05) is 16.8 Å². The minimum Gasteiger partial charge on any atom is -0.467 e. The van der Waals surface area contributed by atoms with Crippen LogP contribution in [-0.2, 0) is 4.74 Å². The molecule has 0 aliphatic carbocycles. The number of ether oxygens (including phenoxy) is 2. The van der Waals surface area contributed by atoms with Crippen molar-refractivity contribution in [1.82, 2.24) is 15.0 Å². The van der Waals surface area contributed by atoms with Crippen molar-refractivity contribution in [3.05, 3.63) is 35.1 Å². The highest BCUT2D eigenvalue weighted by molar-refractivity contribution is 6.31. The number of aliphatic hydroxyl groups is 1. The highest BCUT2D eigenvalue weighted by atomic mass is 35.5. The zero-order valence-corrected chi connectivity index (χ0v) is 18.1. The number of aromatic nitrogens is 3. The van der Waals surface area contributed by atoms with E-state index in [1.54, 1.807) is 24.1 Å². The van der Waals surface area contributed by atoms with Crippen molar-refractivity contribution in [2.24, 2.45) is 0 Å². The highest BCUT2D eigenvalue weighted by Crippen LogP contribution is 2.36. The molecule has 1 aliphatic rings. The minimum absolute atomic E-state index is 0.0434. The largest absolute Gasteiger partial charge is 0.467 e. The van der Waals surface area contributed by atoms with Gasteiger partial charge >= 0.3 is 6.18 Å². The van der Waals surface area contributed by atoms with E-state index in [0.29, 0.717) is 11.4 Å². The van der Waals surface area contributed by atoms with Gasteiger partial charge in [-0.25, -0.2) is 9.97 Å². The van der Waals surface area contributed by atoms with Gasteiger partial charge in [-0.2, -0.15) is 18.2 Å². The second-order valence-corrected chi connectivity index (χ2v) is 8.10. The summed E-state index contributed by atoms with van der Waals surface area (Å²) < 4.78 is 47.0. The van der Waals surface area contributed by atoms with Crippen molar-refractivity contribution in [1.29, 1.82) is 0 Å². The Hall–Kier alpha value is -2.37. The third kappa shape index (κ3) is 5.28. The Kier molecular flexibility index (Phi) is 6.49. The van der Waals surface area contributed by atoms with Crippen LogP contribution < -0.4 is 15.0 Å². The molecule has 2 aromatic heterocycles. The van der Waals surface area contributed by atoms with Gasteiger partial charge in [-0.15, -0.1) is 0 Å². The molecule has 0 aromatic carbocycles. The summed E-state index contributed by atoms with van der Waals surface area (Å²) >= 11 is 6.02. The van der Waals surface area contributed by atoms with Crippen LogP contribution in [0.25, 0.3) is 0 Å². The number of aliphatic hydroxyl groups excluding tert-OH is 1. The first kappa shape index (κ1) is 23.3. The average Bonchev–Trinajstić information content (AvgIpc) is 2.86. The van der Waals surface area contributed by atoms with Gasteiger partial charge in [0.15, 0.2) is 6.61 Å². The molecular weight excluding hydrogens is 439 g/mol. The van der Waals surface area contributed by atoms with Gasteiger partial charge in [0.05, 0.1) is 17.7 Å². The summed E-state index contributed by atoms with van der Waals surface area (Å²) in [6.45, 7) is 6.04. The van der Waals surface area contributed by atoms with Crippen LogP contribution in [0.15, 0.2) is 24.5 Å². The first-order chi connectivity index (χ1) is 14.4. The van der Waals surface area contributed by atoms with E-state index < -0.39 is 24.7 Å². The zero-order chi connectivity index (χ0) is 23.0. The fraction of sp³-hybridized carbons (Fsp3) is 0.526. The van der Waals surface area contributed by atoms with E-state index in [9.17, 15) is 18.3 Å². The molecule has 31 heavy (non-hydrogen) atoms. The van der Waals surface area contributed by atoms with E-state index in [2.05, 4.69) is 25.0 Å². The number of pyridine rings is 1. The maximum atomic E-state index is 12.3. The molecule has 3 atom stereocenters. The summed E-state index contributed by atoms with van der Waals surface area (Å²) in [5.41, 5.74) is 0.0947. The van der Waals surface area contributed by atoms with Gasteiger partial charge in [-0.05, 0) is 45.4 Å². The normalized spacial score (nSPS) is 21.8. The van der Waals surface area contributed by atoms with E-state index in [0.717, 1.165) is 0 Å². The SMILES string of the molecule is CC1OC(O)N(c2ccnc(N[C@@H](C)c3cnc(OCC(F)(F)F)c(Cl)c3)n2)C1(C)C. The molecule has 3 heterocycles. The molecule has 170 valence electrons. The van der Waals surface area contributed by atoms with Crippen LogP contribution in [0.1, 0.15) is 39.3 Å². The van der Waals surface area contributed by atoms with Gasteiger partial charge in [0.25, 0.3) is 0 Å². The molecule has 0 spiro atoms. The number of rotatable bonds is 6. The van der Waals surface area contributed by atoms with E-state index in [1.807, 2.05) is 20.8 Å². The lowest BCUT2D eigenvalue weighted by Gasteiger charge is -2.34. The second kappa shape index (κ2) is 8.64. The maximum Gasteiger partial charge on any atom is 0.422 e. The molecular formula is C19H23ClF3N5O3. The standard InChI is InChI=1S/C19H23ClF3N5O3/c1-10(12-7-13(20)15(25-8-12)30-9-19(21,22)23)26-16-24-6-5-14(27-16)28-17(29)31-11(2)18(28,3)4/h5-8,10-11,17,29H,9H2,1-4H3,(H,24,26,27)/t10-,11?,17?/m0/s1. The third-order valence-electron chi connectivity index (χ3n) is 5.10. The number of anilines is 2. The first-order valence-electron chi connectivity index (χ1n) is 9.46. The van der Waals surface area contributed by atoms with Gasteiger partial charge < -0.3 is 24.8 Å². The van der Waals surface area contributed by atoms with Crippen LogP contribution >= 0.6 is 11.6 Å². The Bertz CT molecular complexity index is 931. The molecule has 0 amide bonds. The van der Waals surface area contributed by atoms with Crippen molar-refractivity contribution in [3.63, 3.8) is 0 Å². The van der Waals surface area contributed by atoms with Gasteiger partial charge in [-0.1, -0.05) is 11.6 Å².